The van der Waals surface area contributed by atoms with Gasteiger partial charge in [0.15, 0.2) is 0 Å². The number of hydrogen-bond donors (Lipinski definition) is 1. The van der Waals surface area contributed by atoms with Gasteiger partial charge in [-0.25, -0.2) is 4.39 Å². The lowest BCUT2D eigenvalue weighted by atomic mass is 10.1. The van der Waals surface area contributed by atoms with Gasteiger partial charge < -0.3 is 10.2 Å². The second-order valence-corrected chi connectivity index (χ2v) is 7.16. The summed E-state index contributed by atoms with van der Waals surface area (Å²) in [5, 5.41) is 2.57. The molecule has 0 aliphatic carbocycles. The fourth-order valence-corrected chi connectivity index (χ4v) is 3.73. The molecule has 2 aromatic carbocycles. The van der Waals surface area contributed by atoms with Crippen LogP contribution in [0.1, 0.15) is 25.6 Å². The topological polar surface area (TPSA) is 49.4 Å². The number of nitrogens with zero attached hydrogens (tertiary/aromatic N) is 1. The molecule has 0 unspecified atom stereocenters. The molecule has 4 nitrogen and oxygen atoms in total. The average Bonchev–Trinajstić information content (AvgIpc) is 3.17. The highest BCUT2D eigenvalue weighted by atomic mass is 32.1. The van der Waals surface area contributed by atoms with Crippen LogP contribution in [0.15, 0.2) is 60.7 Å². The molecule has 3 rings (SSSR count). The van der Waals surface area contributed by atoms with Crippen molar-refractivity contribution < 1.29 is 14.0 Å². The van der Waals surface area contributed by atoms with Crippen molar-refractivity contribution in [1.29, 1.82) is 0 Å². The molecule has 0 aliphatic rings. The molecule has 0 fully saturated rings. The Hall–Kier alpha value is -2.99. The Morgan fingerprint density at radius 2 is 1.74 bits per heavy atom. The Balaban J connectivity index is 1.71. The van der Waals surface area contributed by atoms with Gasteiger partial charge in [0.25, 0.3) is 11.8 Å². The molecule has 2 amide bonds. The lowest BCUT2D eigenvalue weighted by molar-refractivity contribution is 0.0789. The Morgan fingerprint density at radius 1 is 1.04 bits per heavy atom. The van der Waals surface area contributed by atoms with Gasteiger partial charge >= 0.3 is 0 Å². The molecule has 0 radical (unpaired) electrons. The maximum atomic E-state index is 13.9. The molecular weight excluding hydrogens is 363 g/mol. The highest BCUT2D eigenvalue weighted by molar-refractivity contribution is 7.17. The molecule has 0 saturated heterocycles. The number of carbonyl (C=O) groups is 2. The molecule has 0 saturated carbocycles. The quantitative estimate of drug-likeness (QED) is 0.719. The summed E-state index contributed by atoms with van der Waals surface area (Å²) in [7, 11) is 3.30. The Morgan fingerprint density at radius 3 is 2.41 bits per heavy atom. The van der Waals surface area contributed by atoms with Crippen LogP contribution in [-0.4, -0.2) is 30.8 Å². The molecule has 0 atom stereocenters. The zero-order valence-electron chi connectivity index (χ0n) is 15.0. The predicted octanol–water partition coefficient (Wildman–Crippen LogP) is 4.19. The summed E-state index contributed by atoms with van der Waals surface area (Å²) in [6.07, 6.45) is 0. The number of benzene rings is 2. The Bertz CT molecular complexity index is 966. The molecule has 6 heteroatoms. The minimum Gasteiger partial charge on any atom is -0.355 e. The van der Waals surface area contributed by atoms with E-state index in [1.165, 1.54) is 17.4 Å². The van der Waals surface area contributed by atoms with Crippen molar-refractivity contribution in [3.05, 3.63) is 82.5 Å². The van der Waals surface area contributed by atoms with Crippen molar-refractivity contribution in [3.8, 4) is 10.4 Å². The van der Waals surface area contributed by atoms with Crippen LogP contribution in [0.4, 0.5) is 4.39 Å². The van der Waals surface area contributed by atoms with Crippen LogP contribution in [0.2, 0.25) is 0 Å². The summed E-state index contributed by atoms with van der Waals surface area (Å²) in [4.78, 5) is 27.1. The third-order valence-corrected chi connectivity index (χ3v) is 5.27. The smallest absolute Gasteiger partial charge is 0.263 e. The van der Waals surface area contributed by atoms with Gasteiger partial charge in [-0.05, 0) is 35.9 Å². The summed E-state index contributed by atoms with van der Waals surface area (Å²) < 4.78 is 13.9. The molecule has 1 aromatic heterocycles. The van der Waals surface area contributed by atoms with Crippen LogP contribution in [0.25, 0.3) is 10.4 Å². The van der Waals surface area contributed by atoms with E-state index in [1.54, 1.807) is 61.5 Å². The summed E-state index contributed by atoms with van der Waals surface area (Å²) >= 11 is 1.27. The van der Waals surface area contributed by atoms with E-state index in [2.05, 4.69) is 5.32 Å². The SMILES string of the molecule is CNC(=O)c1ccc(CN(C)C(=O)c2ccc(-c3ccccc3F)s2)cc1. The molecule has 3 aromatic rings. The van der Waals surface area contributed by atoms with E-state index in [4.69, 9.17) is 0 Å². The van der Waals surface area contributed by atoms with Gasteiger partial charge in [-0.3, -0.25) is 9.59 Å². The number of rotatable bonds is 5. The van der Waals surface area contributed by atoms with Gasteiger partial charge in [-0.2, -0.15) is 0 Å². The van der Waals surface area contributed by atoms with Crippen LogP contribution in [-0.2, 0) is 6.54 Å². The minimum absolute atomic E-state index is 0.127. The standard InChI is InChI=1S/C21H19FN2O2S/c1-23-20(25)15-9-7-14(8-10-15)13-24(2)21(26)19-12-11-18(27-19)16-5-3-4-6-17(16)22/h3-12H,13H2,1-2H3,(H,23,25). The van der Waals surface area contributed by atoms with Crippen molar-refractivity contribution in [1.82, 2.24) is 10.2 Å². The molecule has 27 heavy (non-hydrogen) atoms. The zero-order valence-corrected chi connectivity index (χ0v) is 15.8. The second-order valence-electron chi connectivity index (χ2n) is 6.08. The molecule has 0 spiro atoms. The van der Waals surface area contributed by atoms with E-state index in [0.717, 1.165) is 10.4 Å². The van der Waals surface area contributed by atoms with Crippen LogP contribution < -0.4 is 5.32 Å². The number of thiophene rings is 1. The van der Waals surface area contributed by atoms with E-state index >= 15 is 0 Å². The van der Waals surface area contributed by atoms with Gasteiger partial charge in [0.1, 0.15) is 5.82 Å². The lowest BCUT2D eigenvalue weighted by Gasteiger charge is -2.16. The van der Waals surface area contributed by atoms with Crippen LogP contribution in [0.3, 0.4) is 0 Å². The first-order valence-electron chi connectivity index (χ1n) is 8.41. The van der Waals surface area contributed by atoms with Crippen LogP contribution in [0, 0.1) is 5.82 Å². The highest BCUT2D eigenvalue weighted by Gasteiger charge is 2.16. The summed E-state index contributed by atoms with van der Waals surface area (Å²) in [6.45, 7) is 0.416. The van der Waals surface area contributed by atoms with Crippen LogP contribution >= 0.6 is 11.3 Å². The first-order chi connectivity index (χ1) is 13.0. The number of nitrogens with one attached hydrogen (secondary N) is 1. The summed E-state index contributed by atoms with van der Waals surface area (Å²) in [6, 6.07) is 17.1. The van der Waals surface area contributed by atoms with E-state index in [-0.39, 0.29) is 17.6 Å². The van der Waals surface area contributed by atoms with E-state index in [1.807, 2.05) is 12.1 Å². The van der Waals surface area contributed by atoms with Gasteiger partial charge in [0.2, 0.25) is 0 Å². The fourth-order valence-electron chi connectivity index (χ4n) is 2.70. The molecule has 138 valence electrons. The number of amides is 2. The third-order valence-electron chi connectivity index (χ3n) is 4.17. The number of carbonyl (C=O) groups excluding carboxylic acids is 2. The number of hydrogen-bond acceptors (Lipinski definition) is 3. The number of halogens is 1. The van der Waals surface area contributed by atoms with Crippen molar-refractivity contribution in [2.45, 2.75) is 6.54 Å². The largest absolute Gasteiger partial charge is 0.355 e. The van der Waals surface area contributed by atoms with Gasteiger partial charge in [-0.1, -0.05) is 30.3 Å². The highest BCUT2D eigenvalue weighted by Crippen LogP contribution is 2.30. The maximum Gasteiger partial charge on any atom is 0.263 e. The maximum absolute atomic E-state index is 13.9. The molecule has 1 heterocycles. The van der Waals surface area contributed by atoms with Gasteiger partial charge in [0.05, 0.1) is 4.88 Å². The van der Waals surface area contributed by atoms with E-state index in [9.17, 15) is 14.0 Å². The second kappa shape index (κ2) is 8.14. The van der Waals surface area contributed by atoms with Crippen molar-refractivity contribution in [3.63, 3.8) is 0 Å². The predicted molar refractivity (Wildman–Crippen MR) is 105 cm³/mol. The minimum atomic E-state index is -0.303. The Kier molecular flexibility index (Phi) is 5.66. The van der Waals surface area contributed by atoms with Crippen LogP contribution in [0.5, 0.6) is 0 Å². The van der Waals surface area contributed by atoms with E-state index in [0.29, 0.717) is 22.5 Å². The third kappa shape index (κ3) is 4.23. The van der Waals surface area contributed by atoms with Gasteiger partial charge in [0, 0.05) is 36.6 Å². The average molecular weight is 382 g/mol. The molecule has 0 aliphatic heterocycles. The summed E-state index contributed by atoms with van der Waals surface area (Å²) in [5.74, 6) is -0.578. The molecule has 1 N–H and O–H groups in total. The normalized spacial score (nSPS) is 10.5. The van der Waals surface area contributed by atoms with Crippen molar-refractivity contribution in [2.24, 2.45) is 0 Å². The fraction of sp³-hybridized carbons (Fsp3) is 0.143. The molecule has 0 bridgehead atoms. The van der Waals surface area contributed by atoms with Gasteiger partial charge in [-0.15, -0.1) is 11.3 Å². The lowest BCUT2D eigenvalue weighted by Crippen LogP contribution is -2.25. The van der Waals surface area contributed by atoms with E-state index < -0.39 is 0 Å². The zero-order chi connectivity index (χ0) is 19.4. The molecular formula is C21H19FN2O2S. The Labute approximate surface area is 161 Å². The summed E-state index contributed by atoms with van der Waals surface area (Å²) in [5.41, 5.74) is 1.99. The first-order valence-corrected chi connectivity index (χ1v) is 9.22. The monoisotopic (exact) mass is 382 g/mol. The first kappa shape index (κ1) is 18.8. The van der Waals surface area contributed by atoms with Crippen molar-refractivity contribution >= 4 is 23.2 Å². The van der Waals surface area contributed by atoms with Crippen molar-refractivity contribution in [2.75, 3.05) is 14.1 Å².